The number of fused-ring (bicyclic) bond motifs is 5. The highest BCUT2D eigenvalue weighted by Gasteiger charge is 2.63. The molecule has 0 spiro atoms. The second kappa shape index (κ2) is 9.13. The molecule has 0 aromatic carbocycles. The summed E-state index contributed by atoms with van der Waals surface area (Å²) in [4.78, 5) is 0. The minimum Gasteiger partial charge on any atom is -0.393 e. The SMILES string of the molecule is COCCC(O)CCCC1CCC2C3CC=C4C[C@](O)(C(F)(F)F)CCC4(C)C3CCC12C. The van der Waals surface area contributed by atoms with Gasteiger partial charge in [-0.15, -0.1) is 0 Å². The van der Waals surface area contributed by atoms with E-state index in [1.54, 1.807) is 7.11 Å². The van der Waals surface area contributed by atoms with Crippen LogP contribution >= 0.6 is 0 Å². The molecule has 2 N–H and O–H groups in total. The van der Waals surface area contributed by atoms with E-state index in [1.165, 1.54) is 12.8 Å². The van der Waals surface area contributed by atoms with Gasteiger partial charge in [0.05, 0.1) is 6.10 Å². The van der Waals surface area contributed by atoms with Crippen molar-refractivity contribution in [1.29, 1.82) is 0 Å². The van der Waals surface area contributed by atoms with Crippen molar-refractivity contribution in [1.82, 2.24) is 0 Å². The summed E-state index contributed by atoms with van der Waals surface area (Å²) in [5.74, 6) is 2.30. The zero-order valence-electron chi connectivity index (χ0n) is 20.6. The van der Waals surface area contributed by atoms with Crippen LogP contribution in [0.15, 0.2) is 11.6 Å². The minimum absolute atomic E-state index is 0.177. The zero-order chi connectivity index (χ0) is 24.1. The van der Waals surface area contributed by atoms with Gasteiger partial charge in [0, 0.05) is 20.1 Å². The zero-order valence-corrected chi connectivity index (χ0v) is 20.6. The van der Waals surface area contributed by atoms with E-state index in [4.69, 9.17) is 4.74 Å². The van der Waals surface area contributed by atoms with Gasteiger partial charge in [0.15, 0.2) is 5.60 Å². The number of hydrogen-bond donors (Lipinski definition) is 2. The molecule has 4 rings (SSSR count). The number of allylic oxidation sites excluding steroid dienone is 1. The summed E-state index contributed by atoms with van der Waals surface area (Å²) in [6, 6.07) is 0. The Balaban J connectivity index is 1.43. The summed E-state index contributed by atoms with van der Waals surface area (Å²) in [6.45, 7) is 5.25. The molecule has 6 heteroatoms. The van der Waals surface area contributed by atoms with Gasteiger partial charge in [-0.1, -0.05) is 31.9 Å². The number of aliphatic hydroxyl groups is 2. The van der Waals surface area contributed by atoms with E-state index in [2.05, 4.69) is 19.9 Å². The summed E-state index contributed by atoms with van der Waals surface area (Å²) >= 11 is 0. The molecule has 0 amide bonds. The summed E-state index contributed by atoms with van der Waals surface area (Å²) in [5.41, 5.74) is -1.59. The van der Waals surface area contributed by atoms with Crippen molar-refractivity contribution < 1.29 is 28.1 Å². The summed E-state index contributed by atoms with van der Waals surface area (Å²) < 4.78 is 45.6. The Kier molecular flexibility index (Phi) is 7.05. The second-order valence-corrected chi connectivity index (χ2v) is 12.2. The minimum atomic E-state index is -4.56. The van der Waals surface area contributed by atoms with E-state index in [1.807, 2.05) is 0 Å². The van der Waals surface area contributed by atoms with Crippen molar-refractivity contribution >= 4 is 0 Å². The van der Waals surface area contributed by atoms with Gasteiger partial charge in [-0.3, -0.25) is 0 Å². The van der Waals surface area contributed by atoms with E-state index in [-0.39, 0.29) is 24.4 Å². The fourth-order valence-corrected chi connectivity index (χ4v) is 8.47. The molecule has 0 bridgehead atoms. The van der Waals surface area contributed by atoms with Gasteiger partial charge < -0.3 is 14.9 Å². The number of aliphatic hydroxyl groups excluding tert-OH is 1. The van der Waals surface area contributed by atoms with Gasteiger partial charge in [0.2, 0.25) is 0 Å². The van der Waals surface area contributed by atoms with E-state index in [0.29, 0.717) is 48.5 Å². The van der Waals surface area contributed by atoms with Crippen LogP contribution in [0.1, 0.15) is 90.9 Å². The third-order valence-electron chi connectivity index (χ3n) is 10.6. The summed E-state index contributed by atoms with van der Waals surface area (Å²) in [5, 5.41) is 20.5. The highest BCUT2D eigenvalue weighted by molar-refractivity contribution is 5.27. The third-order valence-corrected chi connectivity index (χ3v) is 10.6. The van der Waals surface area contributed by atoms with Crippen LogP contribution in [0.5, 0.6) is 0 Å². The summed E-state index contributed by atoms with van der Waals surface area (Å²) in [6.07, 6.45) is 6.55. The van der Waals surface area contributed by atoms with Crippen LogP contribution in [0.4, 0.5) is 13.2 Å². The first-order valence-corrected chi connectivity index (χ1v) is 13.1. The Hall–Kier alpha value is -0.590. The van der Waals surface area contributed by atoms with Gasteiger partial charge in [-0.05, 0) is 98.7 Å². The number of methoxy groups -OCH3 is 1. The van der Waals surface area contributed by atoms with Gasteiger partial charge >= 0.3 is 6.18 Å². The largest absolute Gasteiger partial charge is 0.417 e. The first kappa shape index (κ1) is 25.5. The molecule has 3 saturated carbocycles. The Morgan fingerprint density at radius 3 is 2.55 bits per heavy atom. The molecule has 4 aliphatic carbocycles. The number of halogens is 3. The fraction of sp³-hybridized carbons (Fsp3) is 0.926. The van der Waals surface area contributed by atoms with E-state index >= 15 is 0 Å². The van der Waals surface area contributed by atoms with Crippen LogP contribution in [0.25, 0.3) is 0 Å². The number of hydrogen-bond acceptors (Lipinski definition) is 3. The molecule has 33 heavy (non-hydrogen) atoms. The molecule has 0 heterocycles. The molecule has 4 aliphatic rings. The summed E-state index contributed by atoms with van der Waals surface area (Å²) in [7, 11) is 1.66. The lowest BCUT2D eigenvalue weighted by Crippen LogP contribution is -2.55. The predicted octanol–water partition coefficient (Wildman–Crippen LogP) is 6.43. The molecule has 0 aromatic heterocycles. The van der Waals surface area contributed by atoms with E-state index in [0.717, 1.165) is 44.1 Å². The Bertz CT molecular complexity index is 737. The normalized spacial score (nSPS) is 43.9. The van der Waals surface area contributed by atoms with Gasteiger partial charge in [0.25, 0.3) is 0 Å². The smallest absolute Gasteiger partial charge is 0.393 e. The second-order valence-electron chi connectivity index (χ2n) is 12.2. The standard InChI is InChI=1S/C27H43F3O3/c1-24-13-11-23-21(22(24)10-8-18(24)5-4-6-20(31)12-16-33-3)9-7-19-17-26(32,27(28,29)30)15-14-25(19,23)2/h7,18,20-23,31-32H,4-6,8-17H2,1-3H3/t18?,20?,21?,22?,23?,24?,25?,26-/m0/s1. The van der Waals surface area contributed by atoms with Crippen LogP contribution in [0.3, 0.4) is 0 Å². The average Bonchev–Trinajstić information content (AvgIpc) is 3.08. The van der Waals surface area contributed by atoms with Crippen molar-refractivity contribution in [3.05, 3.63) is 11.6 Å². The maximum absolute atomic E-state index is 13.5. The Labute approximate surface area is 197 Å². The van der Waals surface area contributed by atoms with Crippen molar-refractivity contribution in [3.8, 4) is 0 Å². The first-order chi connectivity index (χ1) is 15.4. The predicted molar refractivity (Wildman–Crippen MR) is 123 cm³/mol. The lowest BCUT2D eigenvalue weighted by Gasteiger charge is -2.59. The molecule has 3 nitrogen and oxygen atoms in total. The molecule has 0 saturated heterocycles. The molecule has 0 aromatic rings. The number of ether oxygens (including phenoxy) is 1. The molecule has 190 valence electrons. The highest BCUT2D eigenvalue weighted by atomic mass is 19.4. The molecular formula is C27H43F3O3. The molecule has 0 aliphatic heterocycles. The number of rotatable bonds is 7. The number of alkyl halides is 3. The lowest BCUT2D eigenvalue weighted by atomic mass is 9.46. The first-order valence-electron chi connectivity index (χ1n) is 13.1. The van der Waals surface area contributed by atoms with Crippen LogP contribution < -0.4 is 0 Å². The average molecular weight is 473 g/mol. The molecular weight excluding hydrogens is 429 g/mol. The third kappa shape index (κ3) is 4.42. The maximum Gasteiger partial charge on any atom is 0.417 e. The fourth-order valence-electron chi connectivity index (χ4n) is 8.47. The molecule has 8 atom stereocenters. The van der Waals surface area contributed by atoms with Gasteiger partial charge in [-0.2, -0.15) is 13.2 Å². The molecule has 7 unspecified atom stereocenters. The monoisotopic (exact) mass is 472 g/mol. The van der Waals surface area contributed by atoms with Crippen molar-refractivity contribution in [2.45, 2.75) is 109 Å². The molecule has 3 fully saturated rings. The quantitative estimate of drug-likeness (QED) is 0.420. The van der Waals surface area contributed by atoms with E-state index < -0.39 is 11.8 Å². The van der Waals surface area contributed by atoms with Crippen molar-refractivity contribution in [2.75, 3.05) is 13.7 Å². The van der Waals surface area contributed by atoms with Crippen molar-refractivity contribution in [2.24, 2.45) is 34.5 Å². The maximum atomic E-state index is 13.5. The lowest BCUT2D eigenvalue weighted by molar-refractivity contribution is -0.271. The topological polar surface area (TPSA) is 49.7 Å². The Morgan fingerprint density at radius 2 is 1.85 bits per heavy atom. The van der Waals surface area contributed by atoms with Crippen LogP contribution in [-0.4, -0.2) is 41.8 Å². The van der Waals surface area contributed by atoms with E-state index in [9.17, 15) is 23.4 Å². The van der Waals surface area contributed by atoms with Gasteiger partial charge in [0.1, 0.15) is 0 Å². The van der Waals surface area contributed by atoms with Gasteiger partial charge in [-0.25, -0.2) is 0 Å². The molecule has 0 radical (unpaired) electrons. The van der Waals surface area contributed by atoms with Crippen LogP contribution in [0, 0.1) is 34.5 Å². The van der Waals surface area contributed by atoms with Crippen LogP contribution in [0.2, 0.25) is 0 Å². The highest BCUT2D eigenvalue weighted by Crippen LogP contribution is 2.67. The van der Waals surface area contributed by atoms with Crippen molar-refractivity contribution in [3.63, 3.8) is 0 Å². The van der Waals surface area contributed by atoms with Crippen LogP contribution in [-0.2, 0) is 4.74 Å². The Morgan fingerprint density at radius 1 is 1.09 bits per heavy atom.